The molecule has 7 rings (SSSR count). The number of nitrogen functional groups attached to an aromatic ring is 1. The second-order valence-electron chi connectivity index (χ2n) is 16.8. The van der Waals surface area contributed by atoms with Crippen molar-refractivity contribution in [3.63, 3.8) is 0 Å². The van der Waals surface area contributed by atoms with E-state index in [1.165, 1.54) is 0 Å². The van der Waals surface area contributed by atoms with Gasteiger partial charge in [0.2, 0.25) is 17.7 Å². The van der Waals surface area contributed by atoms with Crippen LogP contribution >= 0.6 is 11.3 Å². The Morgan fingerprint density at radius 2 is 1.67 bits per heavy atom. The lowest BCUT2D eigenvalue weighted by Crippen LogP contribution is -2.54. The topological polar surface area (TPSA) is 174 Å². The fourth-order valence-electron chi connectivity index (χ4n) is 7.70. The first-order valence-electron chi connectivity index (χ1n) is 21.1. The number of likely N-dealkylation sites (tertiary alicyclic amines) is 1. The molecule has 0 aliphatic carbocycles. The van der Waals surface area contributed by atoms with E-state index < -0.39 is 29.7 Å². The lowest BCUT2D eigenvalue weighted by molar-refractivity contribution is -0.136. The van der Waals surface area contributed by atoms with Crippen molar-refractivity contribution in [3.8, 4) is 33.8 Å². The molecule has 1 atom stereocenters. The molecule has 4 aromatic rings. The van der Waals surface area contributed by atoms with Gasteiger partial charge in [-0.15, -0.1) is 11.3 Å². The first kappa shape index (κ1) is 43.0. The summed E-state index contributed by atoms with van der Waals surface area (Å²) < 4.78 is 12.1. The van der Waals surface area contributed by atoms with E-state index in [4.69, 9.17) is 20.2 Å². The third kappa shape index (κ3) is 10.6. The highest BCUT2D eigenvalue weighted by Crippen LogP contribution is 2.37. The van der Waals surface area contributed by atoms with Crippen LogP contribution in [0.4, 0.5) is 5.82 Å². The molecule has 3 aliphatic heterocycles. The van der Waals surface area contributed by atoms with Crippen LogP contribution in [0.3, 0.4) is 0 Å². The molecule has 14 heteroatoms. The molecule has 3 N–H and O–H groups in total. The van der Waals surface area contributed by atoms with Crippen LogP contribution in [-0.4, -0.2) is 75.0 Å². The Morgan fingerprint density at radius 1 is 0.902 bits per heavy atom. The summed E-state index contributed by atoms with van der Waals surface area (Å²) in [6.07, 6.45) is 10.4. The van der Waals surface area contributed by atoms with Crippen molar-refractivity contribution in [2.75, 3.05) is 25.4 Å². The summed E-state index contributed by atoms with van der Waals surface area (Å²) in [4.78, 5) is 76.5. The Bertz CT molecular complexity index is 2370. The summed E-state index contributed by atoms with van der Waals surface area (Å²) in [5.74, 6) is 5.95. The number of piperidine rings is 2. The van der Waals surface area contributed by atoms with Crippen molar-refractivity contribution in [2.45, 2.75) is 104 Å². The summed E-state index contributed by atoms with van der Waals surface area (Å²) in [5.41, 5.74) is 9.31. The summed E-state index contributed by atoms with van der Waals surface area (Å²) in [7, 11) is 0. The van der Waals surface area contributed by atoms with Crippen molar-refractivity contribution >= 4 is 46.7 Å². The number of carbonyl (C=O) groups is 5. The van der Waals surface area contributed by atoms with E-state index in [-0.39, 0.29) is 41.2 Å². The first-order chi connectivity index (χ1) is 29.3. The number of carbonyl (C=O) groups excluding carboxylic acids is 5. The van der Waals surface area contributed by atoms with Crippen molar-refractivity contribution < 1.29 is 33.4 Å². The van der Waals surface area contributed by atoms with Gasteiger partial charge in [-0.2, -0.15) is 0 Å². The van der Waals surface area contributed by atoms with Crippen LogP contribution in [0.15, 0.2) is 60.9 Å². The van der Waals surface area contributed by atoms with E-state index in [0.717, 1.165) is 76.4 Å². The van der Waals surface area contributed by atoms with Gasteiger partial charge in [0, 0.05) is 60.8 Å². The molecule has 0 bridgehead atoms. The second kappa shape index (κ2) is 19.1. The number of rotatable bonds is 15. The first-order valence-corrected chi connectivity index (χ1v) is 21.9. The number of fused-ring (bicyclic) bond motifs is 1. The normalized spacial score (nSPS) is 16.9. The summed E-state index contributed by atoms with van der Waals surface area (Å²) >= 11 is 1.65. The number of anilines is 1. The number of ether oxygens (including phenoxy) is 2. The molecule has 13 nitrogen and oxygen atoms in total. The maximum atomic E-state index is 13.3. The molecule has 3 aliphatic rings. The number of benzene rings is 2. The molecule has 318 valence electrons. The summed E-state index contributed by atoms with van der Waals surface area (Å²) in [6.45, 7) is 8.38. The SMILES string of the molecule is CC(C)(C)C#Cc1cccc(COc2cc(-c3cnc(C4CCN(C(=O)CCCCCCCOc5cccc6c5C(=O)N(C5CCC(=O)NC5=O)C6=O)CC4)s3)cnc2N)c1. The molecule has 0 saturated carbocycles. The van der Waals surface area contributed by atoms with Crippen molar-refractivity contribution in [2.24, 2.45) is 5.41 Å². The van der Waals surface area contributed by atoms with Crippen LogP contribution in [0.1, 0.15) is 128 Å². The number of hydrogen-bond donors (Lipinski definition) is 2. The van der Waals surface area contributed by atoms with Gasteiger partial charge in [-0.05, 0) is 88.8 Å². The summed E-state index contributed by atoms with van der Waals surface area (Å²) in [6, 6.07) is 13.8. The number of hydrogen-bond acceptors (Lipinski definition) is 11. The van der Waals surface area contributed by atoms with E-state index in [0.29, 0.717) is 50.0 Å². The quantitative estimate of drug-likeness (QED) is 0.0703. The van der Waals surface area contributed by atoms with Gasteiger partial charge in [0.1, 0.15) is 18.4 Å². The van der Waals surface area contributed by atoms with E-state index in [2.05, 4.69) is 42.9 Å². The van der Waals surface area contributed by atoms with E-state index in [1.807, 2.05) is 41.4 Å². The molecular formula is C47H52N6O7S. The molecule has 2 aromatic heterocycles. The van der Waals surface area contributed by atoms with Crippen LogP contribution in [0, 0.1) is 17.3 Å². The number of imide groups is 2. The van der Waals surface area contributed by atoms with E-state index in [1.54, 1.807) is 35.7 Å². The van der Waals surface area contributed by atoms with Crippen LogP contribution in [0.2, 0.25) is 0 Å². The molecule has 2 aromatic carbocycles. The predicted octanol–water partition coefficient (Wildman–Crippen LogP) is 7.29. The summed E-state index contributed by atoms with van der Waals surface area (Å²) in [5, 5.41) is 3.27. The van der Waals surface area contributed by atoms with Crippen molar-refractivity contribution in [1.82, 2.24) is 25.1 Å². The van der Waals surface area contributed by atoms with Gasteiger partial charge in [-0.1, -0.05) is 49.3 Å². The van der Waals surface area contributed by atoms with Gasteiger partial charge >= 0.3 is 0 Å². The number of aromatic nitrogens is 2. The molecule has 5 amide bonds. The molecule has 5 heterocycles. The minimum absolute atomic E-state index is 0.0620. The van der Waals surface area contributed by atoms with E-state index >= 15 is 0 Å². The van der Waals surface area contributed by atoms with Crippen molar-refractivity contribution in [1.29, 1.82) is 0 Å². The maximum Gasteiger partial charge on any atom is 0.266 e. The number of thiazole rings is 1. The van der Waals surface area contributed by atoms with Crippen LogP contribution in [0.5, 0.6) is 11.5 Å². The van der Waals surface area contributed by atoms with Gasteiger partial charge in [-0.25, -0.2) is 9.97 Å². The molecular weight excluding hydrogens is 793 g/mol. The fourth-order valence-corrected chi connectivity index (χ4v) is 8.77. The Kier molecular flexibility index (Phi) is 13.5. The average Bonchev–Trinajstić information content (AvgIpc) is 3.84. The van der Waals surface area contributed by atoms with Crippen molar-refractivity contribution in [3.05, 3.63) is 88.2 Å². The zero-order valence-electron chi connectivity index (χ0n) is 35.0. The highest BCUT2D eigenvalue weighted by molar-refractivity contribution is 7.15. The Hall–Kier alpha value is -6.07. The highest BCUT2D eigenvalue weighted by atomic mass is 32.1. The number of amides is 5. The molecule has 2 saturated heterocycles. The smallest absolute Gasteiger partial charge is 0.266 e. The molecule has 1 unspecified atom stereocenters. The zero-order chi connectivity index (χ0) is 43.1. The van der Waals surface area contributed by atoms with Gasteiger partial charge in [0.25, 0.3) is 11.8 Å². The lowest BCUT2D eigenvalue weighted by Gasteiger charge is -2.31. The van der Waals surface area contributed by atoms with Crippen LogP contribution < -0.4 is 20.5 Å². The zero-order valence-corrected chi connectivity index (χ0v) is 35.8. The monoisotopic (exact) mass is 844 g/mol. The van der Waals surface area contributed by atoms with E-state index in [9.17, 15) is 24.0 Å². The molecule has 2 fully saturated rings. The Morgan fingerprint density at radius 3 is 2.46 bits per heavy atom. The average molecular weight is 845 g/mol. The number of nitrogens with zero attached hydrogens (tertiary/aromatic N) is 4. The molecule has 61 heavy (non-hydrogen) atoms. The third-order valence-corrected chi connectivity index (χ3v) is 12.2. The second-order valence-corrected chi connectivity index (χ2v) is 17.9. The minimum Gasteiger partial charge on any atom is -0.493 e. The van der Waals surface area contributed by atoms with Gasteiger partial charge in [0.15, 0.2) is 11.6 Å². The minimum atomic E-state index is -1.02. The van der Waals surface area contributed by atoms with Gasteiger partial charge in [0.05, 0.1) is 27.6 Å². The standard InChI is InChI=1S/C47H52N6O7S/c1-47(2,3)21-18-30-11-9-12-31(25-30)29-60-37-26-33(27-49-42(37)48)38-28-50-44(61-38)32-19-22-52(23-20-32)40(55)15-7-5-4-6-8-24-59-36-14-10-13-34-41(36)46(58)53(45(34)57)35-16-17-39(54)51-43(35)56/h9-14,25-28,32,35H,4-8,15-17,19-20,22-24,29H2,1-3H3,(H2,48,49)(H,51,54,56). The lowest BCUT2D eigenvalue weighted by atomic mass is 9.97. The van der Waals surface area contributed by atoms with Crippen LogP contribution in [0.25, 0.3) is 10.4 Å². The van der Waals surface area contributed by atoms with Gasteiger partial charge in [-0.3, -0.25) is 34.2 Å². The Balaban J connectivity index is 0.800. The van der Waals surface area contributed by atoms with Gasteiger partial charge < -0.3 is 20.1 Å². The molecule has 0 radical (unpaired) electrons. The maximum absolute atomic E-state index is 13.3. The fraction of sp³-hybridized carbons (Fsp3) is 0.426. The number of pyridine rings is 1. The molecule has 0 spiro atoms. The number of nitrogens with one attached hydrogen (secondary N) is 1. The third-order valence-electron chi connectivity index (χ3n) is 11.0. The predicted molar refractivity (Wildman–Crippen MR) is 232 cm³/mol. The number of unbranched alkanes of at least 4 members (excludes halogenated alkanes) is 4. The highest BCUT2D eigenvalue weighted by Gasteiger charge is 2.46. The largest absolute Gasteiger partial charge is 0.493 e. The number of nitrogens with two attached hydrogens (primary N) is 1. The Labute approximate surface area is 360 Å². The van der Waals surface area contributed by atoms with Crippen LogP contribution in [-0.2, 0) is 21.0 Å².